The molecule has 0 radical (unpaired) electrons. The van der Waals surface area contributed by atoms with Crippen molar-refractivity contribution in [1.82, 2.24) is 25.2 Å². The Morgan fingerprint density at radius 3 is 2.72 bits per heavy atom. The molecule has 9 heteroatoms. The second kappa shape index (κ2) is 6.33. The number of carbonyl (C=O) groups excluding carboxylic acids is 2. The first-order chi connectivity index (χ1) is 14.0. The van der Waals surface area contributed by atoms with Crippen molar-refractivity contribution in [3.63, 3.8) is 0 Å². The number of fused-ring (bicyclic) bond motifs is 1. The number of nitrogens with one attached hydrogen (secondary N) is 1. The van der Waals surface area contributed by atoms with Crippen LogP contribution in [0.1, 0.15) is 18.2 Å². The molecule has 1 unspecified atom stereocenters. The molecule has 0 spiro atoms. The second-order valence-corrected chi connectivity index (χ2v) is 6.98. The third-order valence-electron chi connectivity index (χ3n) is 5.07. The summed E-state index contributed by atoms with van der Waals surface area (Å²) in [5.41, 5.74) is 0.719. The van der Waals surface area contributed by atoms with Gasteiger partial charge in [0.25, 0.3) is 5.91 Å². The number of imide groups is 1. The van der Waals surface area contributed by atoms with Crippen LogP contribution in [0.15, 0.2) is 54.7 Å². The molecule has 2 aromatic carbocycles. The average Bonchev–Trinajstić information content (AvgIpc) is 3.44. The van der Waals surface area contributed by atoms with Crippen LogP contribution in [0.25, 0.3) is 5.69 Å². The van der Waals surface area contributed by atoms with E-state index >= 15 is 0 Å². The summed E-state index contributed by atoms with van der Waals surface area (Å²) in [7, 11) is 0. The van der Waals surface area contributed by atoms with Crippen LogP contribution in [0.2, 0.25) is 0 Å². The predicted octanol–water partition coefficient (Wildman–Crippen LogP) is 1.96. The van der Waals surface area contributed by atoms with Crippen molar-refractivity contribution < 1.29 is 19.1 Å². The highest BCUT2D eigenvalue weighted by atomic mass is 16.7. The van der Waals surface area contributed by atoms with E-state index in [1.807, 2.05) is 30.3 Å². The Hall–Kier alpha value is -3.88. The topological polar surface area (TPSA) is 98.6 Å². The lowest BCUT2D eigenvalue weighted by atomic mass is 9.91. The van der Waals surface area contributed by atoms with Gasteiger partial charge >= 0.3 is 6.03 Å². The first kappa shape index (κ1) is 17.2. The van der Waals surface area contributed by atoms with Gasteiger partial charge in [0.2, 0.25) is 6.79 Å². The summed E-state index contributed by atoms with van der Waals surface area (Å²) in [4.78, 5) is 28.3. The smallest absolute Gasteiger partial charge is 0.325 e. The van der Waals surface area contributed by atoms with Crippen LogP contribution in [0.3, 0.4) is 0 Å². The van der Waals surface area contributed by atoms with Crippen molar-refractivity contribution in [2.24, 2.45) is 0 Å². The Morgan fingerprint density at radius 2 is 1.90 bits per heavy atom. The molecule has 1 fully saturated rings. The molecule has 2 aliphatic rings. The van der Waals surface area contributed by atoms with E-state index < -0.39 is 11.6 Å². The van der Waals surface area contributed by atoms with Crippen LogP contribution in [0.5, 0.6) is 11.5 Å². The lowest BCUT2D eigenvalue weighted by Crippen LogP contribution is -2.40. The van der Waals surface area contributed by atoms with Crippen molar-refractivity contribution in [3.8, 4) is 17.2 Å². The fourth-order valence-corrected chi connectivity index (χ4v) is 3.46. The number of hydrogen-bond donors (Lipinski definition) is 1. The second-order valence-electron chi connectivity index (χ2n) is 6.98. The summed E-state index contributed by atoms with van der Waals surface area (Å²) >= 11 is 0. The van der Waals surface area contributed by atoms with Crippen molar-refractivity contribution >= 4 is 11.9 Å². The van der Waals surface area contributed by atoms with Gasteiger partial charge in [-0.05, 0) is 36.8 Å². The summed E-state index contributed by atoms with van der Waals surface area (Å²) in [6, 6.07) is 14.1. The zero-order valence-electron chi connectivity index (χ0n) is 15.5. The molecule has 146 valence electrons. The summed E-state index contributed by atoms with van der Waals surface area (Å²) in [6.45, 7) is 1.84. The zero-order chi connectivity index (χ0) is 20.0. The van der Waals surface area contributed by atoms with Gasteiger partial charge in [-0.25, -0.2) is 4.79 Å². The van der Waals surface area contributed by atoms with E-state index in [1.165, 1.54) is 4.80 Å². The molecule has 3 aromatic rings. The number of amides is 3. The molecule has 1 N–H and O–H groups in total. The first-order valence-electron chi connectivity index (χ1n) is 9.05. The number of benzene rings is 2. The van der Waals surface area contributed by atoms with E-state index in [9.17, 15) is 9.59 Å². The van der Waals surface area contributed by atoms with Gasteiger partial charge in [-0.2, -0.15) is 15.0 Å². The van der Waals surface area contributed by atoms with Gasteiger partial charge in [-0.1, -0.05) is 24.3 Å². The van der Waals surface area contributed by atoms with Gasteiger partial charge in [0.15, 0.2) is 11.5 Å². The Bertz CT molecular complexity index is 1110. The first-order valence-corrected chi connectivity index (χ1v) is 9.05. The number of urea groups is 1. The SMILES string of the molecule is CC1(c2ccc3c(c2)OCO3)NC(=O)N(Cc2cnn(-c3ccccc3)n2)C1=O. The highest BCUT2D eigenvalue weighted by Crippen LogP contribution is 2.38. The molecule has 3 amide bonds. The molecule has 2 aliphatic heterocycles. The number of ether oxygens (including phenoxy) is 2. The molecule has 5 rings (SSSR count). The largest absolute Gasteiger partial charge is 0.454 e. The number of rotatable bonds is 4. The van der Waals surface area contributed by atoms with Crippen LogP contribution < -0.4 is 14.8 Å². The van der Waals surface area contributed by atoms with E-state index in [1.54, 1.807) is 31.3 Å². The van der Waals surface area contributed by atoms with Crippen molar-refractivity contribution in [2.75, 3.05) is 6.79 Å². The summed E-state index contributed by atoms with van der Waals surface area (Å²) in [5, 5.41) is 11.4. The van der Waals surface area contributed by atoms with Crippen LogP contribution in [0, 0.1) is 0 Å². The third kappa shape index (κ3) is 2.78. The molecule has 0 bridgehead atoms. The lowest BCUT2D eigenvalue weighted by Gasteiger charge is -2.22. The van der Waals surface area contributed by atoms with Crippen LogP contribution in [-0.4, -0.2) is 38.6 Å². The molecular formula is C20H17N5O4. The molecule has 3 heterocycles. The van der Waals surface area contributed by atoms with Crippen molar-refractivity contribution in [1.29, 1.82) is 0 Å². The number of para-hydroxylation sites is 1. The van der Waals surface area contributed by atoms with Gasteiger partial charge in [0.05, 0.1) is 18.4 Å². The van der Waals surface area contributed by atoms with Gasteiger partial charge < -0.3 is 14.8 Å². The fourth-order valence-electron chi connectivity index (χ4n) is 3.46. The maximum absolute atomic E-state index is 13.1. The minimum absolute atomic E-state index is 0.0254. The Labute approximate surface area is 165 Å². The number of carbonyl (C=O) groups is 2. The molecule has 1 aromatic heterocycles. The monoisotopic (exact) mass is 391 g/mol. The standard InChI is InChI=1S/C20H17N5O4/c1-20(13-7-8-16-17(9-13)29-12-28-16)18(26)24(19(27)22-20)11-14-10-21-25(23-14)15-5-3-2-4-6-15/h2-10H,11-12H2,1H3,(H,22,27). The van der Waals surface area contributed by atoms with Gasteiger partial charge in [-0.3, -0.25) is 9.69 Å². The summed E-state index contributed by atoms with van der Waals surface area (Å²) < 4.78 is 10.7. The molecule has 1 saturated heterocycles. The number of nitrogens with zero attached hydrogens (tertiary/aromatic N) is 4. The van der Waals surface area contributed by atoms with E-state index in [0.717, 1.165) is 10.6 Å². The van der Waals surface area contributed by atoms with Gasteiger partial charge in [-0.15, -0.1) is 0 Å². The highest BCUT2D eigenvalue weighted by molar-refractivity contribution is 6.07. The third-order valence-corrected chi connectivity index (χ3v) is 5.07. The maximum Gasteiger partial charge on any atom is 0.325 e. The molecule has 0 aliphatic carbocycles. The van der Waals surface area contributed by atoms with E-state index in [2.05, 4.69) is 15.5 Å². The lowest BCUT2D eigenvalue weighted by molar-refractivity contribution is -0.131. The van der Waals surface area contributed by atoms with Crippen LogP contribution >= 0.6 is 0 Å². The molecular weight excluding hydrogens is 374 g/mol. The van der Waals surface area contributed by atoms with Gasteiger partial charge in [0, 0.05) is 0 Å². The predicted molar refractivity (Wildman–Crippen MR) is 100 cm³/mol. The molecule has 1 atom stereocenters. The quantitative estimate of drug-likeness (QED) is 0.683. The van der Waals surface area contributed by atoms with Crippen LogP contribution in [-0.2, 0) is 16.9 Å². The number of aromatic nitrogens is 3. The van der Waals surface area contributed by atoms with E-state index in [0.29, 0.717) is 22.8 Å². The number of hydrogen-bond acceptors (Lipinski definition) is 6. The van der Waals surface area contributed by atoms with E-state index in [4.69, 9.17) is 9.47 Å². The van der Waals surface area contributed by atoms with Gasteiger partial charge in [0.1, 0.15) is 11.2 Å². The Kier molecular flexibility index (Phi) is 3.76. The minimum Gasteiger partial charge on any atom is -0.454 e. The normalized spacial score (nSPS) is 20.2. The summed E-state index contributed by atoms with van der Waals surface area (Å²) in [6.07, 6.45) is 1.55. The van der Waals surface area contributed by atoms with Crippen LogP contribution in [0.4, 0.5) is 4.79 Å². The van der Waals surface area contributed by atoms with E-state index in [-0.39, 0.29) is 19.2 Å². The Balaban J connectivity index is 1.39. The zero-order valence-corrected chi connectivity index (χ0v) is 15.5. The van der Waals surface area contributed by atoms with Crippen molar-refractivity contribution in [2.45, 2.75) is 19.0 Å². The Morgan fingerprint density at radius 1 is 1.10 bits per heavy atom. The highest BCUT2D eigenvalue weighted by Gasteiger charge is 2.49. The molecule has 9 nitrogen and oxygen atoms in total. The summed E-state index contributed by atoms with van der Waals surface area (Å²) in [5.74, 6) is 0.800. The molecule has 0 saturated carbocycles. The minimum atomic E-state index is -1.20. The van der Waals surface area contributed by atoms with Crippen molar-refractivity contribution in [3.05, 3.63) is 66.0 Å². The fraction of sp³-hybridized carbons (Fsp3) is 0.200. The maximum atomic E-state index is 13.1. The average molecular weight is 391 g/mol. The molecule has 29 heavy (non-hydrogen) atoms.